The van der Waals surface area contributed by atoms with E-state index in [2.05, 4.69) is 10.3 Å². The summed E-state index contributed by atoms with van der Waals surface area (Å²) in [6.45, 7) is 6.90. The van der Waals surface area contributed by atoms with Crippen molar-refractivity contribution >= 4 is 47.1 Å². The van der Waals surface area contributed by atoms with Crippen LogP contribution in [0.3, 0.4) is 0 Å². The lowest BCUT2D eigenvalue weighted by atomic mass is 9.73. The standard InChI is InChI=1S/C26H38N6O6S/c1-12(6-13(2)33)19-20-14(3)22(21(25(37)38)32(20)24(19)36)39-17-8-18(29-10-17)23(35)31-5-4-15(11-31)7-16(34)9-30-26(27)28/h12,14-15,17-20,29H,4-11H2,1-3H3,(H,37,38)(H4,27,28,30)/t12-,14+,15+,17-,18-,19+,20+/m0/s1. The highest BCUT2D eigenvalue weighted by Gasteiger charge is 2.60. The topological polar surface area (TPSA) is 188 Å². The number of β-lactam (4-membered cyclic amide) rings is 1. The van der Waals surface area contributed by atoms with Crippen LogP contribution < -0.4 is 16.8 Å². The van der Waals surface area contributed by atoms with E-state index < -0.39 is 5.97 Å². The molecule has 0 spiro atoms. The first-order chi connectivity index (χ1) is 18.4. The number of guanidine groups is 1. The van der Waals surface area contributed by atoms with Crippen LogP contribution in [0.15, 0.2) is 15.6 Å². The maximum atomic E-state index is 13.2. The largest absolute Gasteiger partial charge is 0.477 e. The molecule has 6 N–H and O–H groups in total. The number of hydrogen-bond acceptors (Lipinski definition) is 8. The Morgan fingerprint density at radius 1 is 1.26 bits per heavy atom. The molecule has 0 saturated carbocycles. The van der Waals surface area contributed by atoms with Crippen molar-refractivity contribution in [3.63, 3.8) is 0 Å². The number of nitrogens with one attached hydrogen (secondary N) is 1. The Morgan fingerprint density at radius 3 is 2.62 bits per heavy atom. The van der Waals surface area contributed by atoms with Crippen molar-refractivity contribution in [2.75, 3.05) is 26.2 Å². The first-order valence-corrected chi connectivity index (χ1v) is 14.3. The van der Waals surface area contributed by atoms with Gasteiger partial charge in [-0.2, -0.15) is 0 Å². The number of likely N-dealkylation sites (tertiary alicyclic amines) is 1. The first-order valence-electron chi connectivity index (χ1n) is 13.4. The van der Waals surface area contributed by atoms with E-state index in [1.54, 1.807) is 4.90 Å². The average Bonchev–Trinajstić information content (AvgIpc) is 3.56. The molecule has 0 radical (unpaired) electrons. The van der Waals surface area contributed by atoms with E-state index in [9.17, 15) is 29.1 Å². The second-order valence-corrected chi connectivity index (χ2v) is 12.6. The second kappa shape index (κ2) is 11.7. The number of thioether (sulfide) groups is 1. The predicted molar refractivity (Wildman–Crippen MR) is 145 cm³/mol. The highest BCUT2D eigenvalue weighted by atomic mass is 32.2. The van der Waals surface area contributed by atoms with Gasteiger partial charge in [-0.1, -0.05) is 13.8 Å². The third-order valence-corrected chi connectivity index (χ3v) is 9.76. The number of hydrogen-bond donors (Lipinski definition) is 4. The summed E-state index contributed by atoms with van der Waals surface area (Å²) < 4.78 is 0. The normalized spacial score (nSPS) is 30.7. The Morgan fingerprint density at radius 2 is 1.97 bits per heavy atom. The number of fused-ring (bicyclic) bond motifs is 1. The van der Waals surface area contributed by atoms with E-state index in [1.165, 1.54) is 23.6 Å². The number of nitrogens with two attached hydrogens (primary N) is 2. The van der Waals surface area contributed by atoms with E-state index in [1.807, 2.05) is 13.8 Å². The van der Waals surface area contributed by atoms with Crippen molar-refractivity contribution in [1.29, 1.82) is 0 Å². The summed E-state index contributed by atoms with van der Waals surface area (Å²) in [5, 5.41) is 13.2. The van der Waals surface area contributed by atoms with Crippen LogP contribution in [0.1, 0.15) is 46.5 Å². The summed E-state index contributed by atoms with van der Waals surface area (Å²) in [5.74, 6) is -2.16. The van der Waals surface area contributed by atoms with Crippen LogP contribution in [0.2, 0.25) is 0 Å². The summed E-state index contributed by atoms with van der Waals surface area (Å²) in [6, 6.07) is -0.644. The Balaban J connectivity index is 1.34. The average molecular weight is 563 g/mol. The number of carboxylic acids is 1. The molecule has 0 bridgehead atoms. The van der Waals surface area contributed by atoms with Crippen LogP contribution in [0.5, 0.6) is 0 Å². The van der Waals surface area contributed by atoms with Crippen molar-refractivity contribution < 1.29 is 29.1 Å². The molecule has 3 saturated heterocycles. The molecule has 0 aromatic heterocycles. The van der Waals surface area contributed by atoms with E-state index in [0.29, 0.717) is 37.4 Å². The van der Waals surface area contributed by atoms with Crippen molar-refractivity contribution in [3.05, 3.63) is 10.6 Å². The molecule has 4 aliphatic heterocycles. The fourth-order valence-electron chi connectivity index (χ4n) is 6.49. The molecule has 4 heterocycles. The molecule has 12 nitrogen and oxygen atoms in total. The van der Waals surface area contributed by atoms with Crippen LogP contribution in [-0.4, -0.2) is 93.7 Å². The van der Waals surface area contributed by atoms with Gasteiger partial charge in [-0.25, -0.2) is 9.79 Å². The minimum absolute atomic E-state index is 0.00928. The molecular weight excluding hydrogens is 524 g/mol. The lowest BCUT2D eigenvalue weighted by molar-refractivity contribution is -0.160. The highest BCUT2D eigenvalue weighted by Crippen LogP contribution is 2.53. The molecule has 4 rings (SSSR count). The van der Waals surface area contributed by atoms with Gasteiger partial charge < -0.3 is 36.5 Å². The van der Waals surface area contributed by atoms with Gasteiger partial charge in [-0.15, -0.1) is 11.8 Å². The summed E-state index contributed by atoms with van der Waals surface area (Å²) in [7, 11) is 0. The first kappa shape index (κ1) is 29.1. The van der Waals surface area contributed by atoms with Crippen LogP contribution >= 0.6 is 11.8 Å². The number of carbonyl (C=O) groups is 5. The monoisotopic (exact) mass is 562 g/mol. The quantitative estimate of drug-likeness (QED) is 0.151. The summed E-state index contributed by atoms with van der Waals surface area (Å²) in [4.78, 5) is 69.7. The number of carboxylic acid groups (broad SMARTS) is 1. The number of carbonyl (C=O) groups excluding carboxylic acids is 4. The zero-order chi connectivity index (χ0) is 28.6. The maximum Gasteiger partial charge on any atom is 0.353 e. The predicted octanol–water partition coefficient (Wildman–Crippen LogP) is -0.0807. The minimum atomic E-state index is -1.13. The fourth-order valence-corrected chi connectivity index (χ4v) is 7.97. The van der Waals surface area contributed by atoms with Crippen LogP contribution in [0, 0.1) is 23.7 Å². The van der Waals surface area contributed by atoms with Crippen molar-refractivity contribution in [2.45, 2.75) is 63.8 Å². The Hall–Kier alpha value is -2.93. The molecular formula is C26H38N6O6S. The number of aliphatic imine (C=N–C) groups is 1. The number of amides is 2. The van der Waals surface area contributed by atoms with E-state index in [4.69, 9.17) is 11.5 Å². The van der Waals surface area contributed by atoms with Crippen LogP contribution in [-0.2, 0) is 24.0 Å². The lowest BCUT2D eigenvalue weighted by Gasteiger charge is -2.47. The van der Waals surface area contributed by atoms with Gasteiger partial charge in [0, 0.05) is 48.5 Å². The number of rotatable bonds is 11. The zero-order valence-corrected chi connectivity index (χ0v) is 23.4. The molecule has 13 heteroatoms. The fraction of sp³-hybridized carbons (Fsp3) is 0.692. The lowest BCUT2D eigenvalue weighted by Crippen LogP contribution is -2.62. The van der Waals surface area contributed by atoms with Gasteiger partial charge in [-0.3, -0.25) is 14.4 Å². The smallest absolute Gasteiger partial charge is 0.353 e. The van der Waals surface area contributed by atoms with Gasteiger partial charge >= 0.3 is 5.97 Å². The summed E-state index contributed by atoms with van der Waals surface area (Å²) in [5.41, 5.74) is 10.6. The second-order valence-electron chi connectivity index (χ2n) is 11.3. The van der Waals surface area contributed by atoms with Crippen LogP contribution in [0.4, 0.5) is 0 Å². The van der Waals surface area contributed by atoms with E-state index in [0.717, 1.165) is 6.42 Å². The van der Waals surface area contributed by atoms with Gasteiger partial charge in [0.2, 0.25) is 11.8 Å². The van der Waals surface area contributed by atoms with Crippen molar-refractivity contribution in [2.24, 2.45) is 40.1 Å². The Bertz CT molecular complexity index is 1120. The molecule has 214 valence electrons. The molecule has 0 unspecified atom stereocenters. The molecule has 4 aliphatic rings. The number of ketones is 2. The Labute approximate surface area is 232 Å². The number of Topliss-reactive ketones (excluding diaryl/α,β-unsaturated/α-hetero) is 2. The Kier molecular flexibility index (Phi) is 8.69. The summed E-state index contributed by atoms with van der Waals surface area (Å²) in [6.07, 6.45) is 1.89. The molecule has 7 atom stereocenters. The number of nitrogens with zero attached hydrogens (tertiary/aromatic N) is 3. The molecule has 2 amide bonds. The maximum absolute atomic E-state index is 13.2. The number of aliphatic carboxylic acids is 1. The molecule has 3 fully saturated rings. The zero-order valence-electron chi connectivity index (χ0n) is 22.6. The van der Waals surface area contributed by atoms with Gasteiger partial charge in [0.05, 0.1) is 18.0 Å². The van der Waals surface area contributed by atoms with Gasteiger partial charge in [0.15, 0.2) is 11.7 Å². The van der Waals surface area contributed by atoms with Gasteiger partial charge in [0.25, 0.3) is 0 Å². The van der Waals surface area contributed by atoms with Crippen molar-refractivity contribution in [1.82, 2.24) is 15.1 Å². The van der Waals surface area contributed by atoms with E-state index >= 15 is 0 Å². The molecule has 0 aliphatic carbocycles. The van der Waals surface area contributed by atoms with Crippen molar-refractivity contribution in [3.8, 4) is 0 Å². The third kappa shape index (κ3) is 5.98. The van der Waals surface area contributed by atoms with Gasteiger partial charge in [-0.05, 0) is 31.6 Å². The SMILES string of the molecule is CC(=O)C[C@H](C)[C@H]1C(=O)N2C(C(=O)O)=C(S[C@@H]3CN[C@H](C(=O)N4CC[C@H](CC(=O)CN=C(N)N)C4)C3)[C@H](C)[C@H]12. The third-order valence-electron chi connectivity index (χ3n) is 8.25. The molecule has 0 aromatic carbocycles. The molecule has 39 heavy (non-hydrogen) atoms. The summed E-state index contributed by atoms with van der Waals surface area (Å²) >= 11 is 1.44. The highest BCUT2D eigenvalue weighted by molar-refractivity contribution is 8.03. The van der Waals surface area contributed by atoms with E-state index in [-0.39, 0.29) is 89.0 Å². The molecule has 0 aromatic rings. The van der Waals surface area contributed by atoms with Gasteiger partial charge in [0.1, 0.15) is 18.0 Å². The minimum Gasteiger partial charge on any atom is -0.477 e. The van der Waals surface area contributed by atoms with Crippen LogP contribution in [0.25, 0.3) is 0 Å².